The summed E-state index contributed by atoms with van der Waals surface area (Å²) in [6, 6.07) is 12.9. The van der Waals surface area contributed by atoms with Crippen molar-refractivity contribution in [1.82, 2.24) is 0 Å². The number of carbonyl (C=O) groups excluding carboxylic acids is 1. The van der Waals surface area contributed by atoms with Crippen molar-refractivity contribution in [2.75, 3.05) is 5.32 Å². The quantitative estimate of drug-likeness (QED) is 0.774. The molecule has 0 fully saturated rings. The highest BCUT2D eigenvalue weighted by Gasteiger charge is 2.09. The van der Waals surface area contributed by atoms with Gasteiger partial charge in [-0.05, 0) is 59.3 Å². The second-order valence-electron chi connectivity index (χ2n) is 3.90. The van der Waals surface area contributed by atoms with Crippen LogP contribution in [-0.4, -0.2) is 5.91 Å². The molecule has 0 unspecified atom stereocenters. The minimum Gasteiger partial charge on any atom is -0.321 e. The van der Waals surface area contributed by atoms with Gasteiger partial charge in [0.15, 0.2) is 0 Å². The lowest BCUT2D eigenvalue weighted by atomic mass is 10.1. The number of para-hydroxylation sites is 1. The van der Waals surface area contributed by atoms with Gasteiger partial charge in [0.2, 0.25) is 0 Å². The molecule has 0 aliphatic heterocycles. The van der Waals surface area contributed by atoms with E-state index in [1.54, 1.807) is 12.1 Å². The van der Waals surface area contributed by atoms with Crippen molar-refractivity contribution in [1.29, 1.82) is 0 Å². The van der Waals surface area contributed by atoms with Gasteiger partial charge >= 0.3 is 0 Å². The fraction of sp³-hybridized carbons (Fsp3) is 0.0714. The minimum absolute atomic E-state index is 0.152. The monoisotopic (exact) mass is 371 g/mol. The number of amides is 1. The molecule has 2 nitrogen and oxygen atoms in total. The Morgan fingerprint density at radius 3 is 2.61 bits per heavy atom. The molecule has 2 aromatic rings. The zero-order chi connectivity index (χ0) is 13.1. The number of benzene rings is 2. The third kappa shape index (κ3) is 3.03. The van der Waals surface area contributed by atoms with Crippen LogP contribution in [0.25, 0.3) is 0 Å². The lowest BCUT2D eigenvalue weighted by Crippen LogP contribution is -2.12. The van der Waals surface area contributed by atoms with Crippen LogP contribution in [-0.2, 0) is 0 Å². The molecule has 1 N–H and O–H groups in total. The minimum atomic E-state index is -0.152. The molecule has 2 rings (SSSR count). The highest BCUT2D eigenvalue weighted by Crippen LogP contribution is 2.20. The third-order valence-corrected chi connectivity index (χ3v) is 3.90. The van der Waals surface area contributed by atoms with Crippen molar-refractivity contribution in [2.24, 2.45) is 0 Å². The van der Waals surface area contributed by atoms with Gasteiger partial charge in [-0.3, -0.25) is 4.79 Å². The first-order chi connectivity index (χ1) is 8.58. The molecule has 18 heavy (non-hydrogen) atoms. The van der Waals surface area contributed by atoms with E-state index in [0.29, 0.717) is 10.6 Å². The van der Waals surface area contributed by atoms with Crippen molar-refractivity contribution in [3.05, 3.63) is 62.2 Å². The van der Waals surface area contributed by atoms with E-state index in [2.05, 4.69) is 27.9 Å². The number of nitrogens with one attached hydrogen (secondary N) is 1. The summed E-state index contributed by atoms with van der Waals surface area (Å²) in [6.07, 6.45) is 0. The van der Waals surface area contributed by atoms with Gasteiger partial charge in [0.25, 0.3) is 5.91 Å². The molecule has 0 spiro atoms. The number of halogens is 2. The van der Waals surface area contributed by atoms with Crippen LogP contribution in [0.4, 0.5) is 5.69 Å². The average molecular weight is 372 g/mol. The molecule has 0 aliphatic carbocycles. The topological polar surface area (TPSA) is 29.1 Å². The standard InChI is InChI=1S/C14H11ClINO/c1-9-6-7-10(8-11(9)15)14(18)17-13-5-3-2-4-12(13)16/h2-8H,1H3,(H,17,18). The predicted molar refractivity (Wildman–Crippen MR) is 83.3 cm³/mol. The highest BCUT2D eigenvalue weighted by molar-refractivity contribution is 14.1. The first kappa shape index (κ1) is 13.4. The van der Waals surface area contributed by atoms with Gasteiger partial charge in [-0.2, -0.15) is 0 Å². The average Bonchev–Trinajstić information content (AvgIpc) is 2.35. The fourth-order valence-corrected chi connectivity index (χ4v) is 2.19. The summed E-state index contributed by atoms with van der Waals surface area (Å²) in [7, 11) is 0. The second kappa shape index (κ2) is 5.71. The summed E-state index contributed by atoms with van der Waals surface area (Å²) < 4.78 is 1.00. The van der Waals surface area contributed by atoms with Crippen LogP contribution in [0.15, 0.2) is 42.5 Å². The number of rotatable bonds is 2. The Morgan fingerprint density at radius 2 is 1.94 bits per heavy atom. The number of anilines is 1. The Balaban J connectivity index is 2.22. The van der Waals surface area contributed by atoms with Crippen molar-refractivity contribution in [2.45, 2.75) is 6.92 Å². The summed E-state index contributed by atoms with van der Waals surface area (Å²) in [6.45, 7) is 1.91. The molecule has 4 heteroatoms. The SMILES string of the molecule is Cc1ccc(C(=O)Nc2ccccc2I)cc1Cl. The number of hydrogen-bond donors (Lipinski definition) is 1. The van der Waals surface area contributed by atoms with Gasteiger partial charge in [0.1, 0.15) is 0 Å². The first-order valence-corrected chi connectivity index (χ1v) is 6.85. The van der Waals surface area contributed by atoms with Crippen molar-refractivity contribution in [3.8, 4) is 0 Å². The fourth-order valence-electron chi connectivity index (χ4n) is 1.49. The Kier molecular flexibility index (Phi) is 4.24. The van der Waals surface area contributed by atoms with Crippen LogP contribution in [0.5, 0.6) is 0 Å². The Morgan fingerprint density at radius 1 is 1.22 bits per heavy atom. The normalized spacial score (nSPS) is 10.2. The number of carbonyl (C=O) groups is 1. The summed E-state index contributed by atoms with van der Waals surface area (Å²) in [4.78, 5) is 12.1. The van der Waals surface area contributed by atoms with Crippen LogP contribution >= 0.6 is 34.2 Å². The zero-order valence-electron chi connectivity index (χ0n) is 9.71. The van der Waals surface area contributed by atoms with Gasteiger partial charge in [0.05, 0.1) is 5.69 Å². The van der Waals surface area contributed by atoms with Crippen LogP contribution in [0, 0.1) is 10.5 Å². The van der Waals surface area contributed by atoms with Crippen LogP contribution < -0.4 is 5.32 Å². The second-order valence-corrected chi connectivity index (χ2v) is 5.47. The summed E-state index contributed by atoms with van der Waals surface area (Å²) in [5.74, 6) is -0.152. The summed E-state index contributed by atoms with van der Waals surface area (Å²) in [5, 5.41) is 3.47. The van der Waals surface area contributed by atoms with Crippen LogP contribution in [0.3, 0.4) is 0 Å². The number of hydrogen-bond acceptors (Lipinski definition) is 1. The van der Waals surface area contributed by atoms with Crippen molar-refractivity contribution < 1.29 is 4.79 Å². The molecule has 0 saturated carbocycles. The molecule has 0 saturated heterocycles. The van der Waals surface area contributed by atoms with E-state index in [4.69, 9.17) is 11.6 Å². The Bertz CT molecular complexity index is 598. The maximum absolute atomic E-state index is 12.1. The van der Waals surface area contributed by atoms with E-state index in [1.807, 2.05) is 37.3 Å². The third-order valence-electron chi connectivity index (χ3n) is 2.56. The largest absolute Gasteiger partial charge is 0.321 e. The van der Waals surface area contributed by atoms with Crippen molar-refractivity contribution in [3.63, 3.8) is 0 Å². The lowest BCUT2D eigenvalue weighted by molar-refractivity contribution is 0.102. The number of aryl methyl sites for hydroxylation is 1. The van der Waals surface area contributed by atoms with Crippen LogP contribution in [0.1, 0.15) is 15.9 Å². The lowest BCUT2D eigenvalue weighted by Gasteiger charge is -2.08. The van der Waals surface area contributed by atoms with Crippen molar-refractivity contribution >= 4 is 45.8 Å². The summed E-state index contributed by atoms with van der Waals surface area (Å²) >= 11 is 8.20. The van der Waals surface area contributed by atoms with Gasteiger partial charge < -0.3 is 5.32 Å². The molecule has 0 aliphatic rings. The van der Waals surface area contributed by atoms with Gasteiger partial charge in [-0.15, -0.1) is 0 Å². The predicted octanol–water partition coefficient (Wildman–Crippen LogP) is 4.51. The molecule has 0 aromatic heterocycles. The Hall–Kier alpha value is -1.07. The highest BCUT2D eigenvalue weighted by atomic mass is 127. The van der Waals surface area contributed by atoms with E-state index >= 15 is 0 Å². The van der Waals surface area contributed by atoms with Gasteiger partial charge in [-0.1, -0.05) is 29.8 Å². The van der Waals surface area contributed by atoms with Crippen LogP contribution in [0.2, 0.25) is 5.02 Å². The first-order valence-electron chi connectivity index (χ1n) is 5.40. The molecule has 0 atom stereocenters. The van der Waals surface area contributed by atoms with E-state index in [-0.39, 0.29) is 5.91 Å². The molecule has 0 bridgehead atoms. The molecule has 0 heterocycles. The smallest absolute Gasteiger partial charge is 0.255 e. The Labute approximate surface area is 124 Å². The maximum Gasteiger partial charge on any atom is 0.255 e. The van der Waals surface area contributed by atoms with Gasteiger partial charge in [-0.25, -0.2) is 0 Å². The molecule has 0 radical (unpaired) electrons. The molecular formula is C14H11ClINO. The molecular weight excluding hydrogens is 361 g/mol. The summed E-state index contributed by atoms with van der Waals surface area (Å²) in [5.41, 5.74) is 2.33. The molecule has 2 aromatic carbocycles. The van der Waals surface area contributed by atoms with E-state index in [0.717, 1.165) is 14.8 Å². The van der Waals surface area contributed by atoms with E-state index < -0.39 is 0 Å². The maximum atomic E-state index is 12.1. The molecule has 1 amide bonds. The zero-order valence-corrected chi connectivity index (χ0v) is 12.6. The van der Waals surface area contributed by atoms with E-state index in [9.17, 15) is 4.79 Å². The van der Waals surface area contributed by atoms with Gasteiger partial charge in [0, 0.05) is 14.2 Å². The van der Waals surface area contributed by atoms with E-state index in [1.165, 1.54) is 0 Å². The molecule has 92 valence electrons.